The molecule has 3 N–H and O–H groups in total. The molecule has 0 fully saturated rings. The Balaban J connectivity index is 0. The van der Waals surface area contributed by atoms with Crippen molar-refractivity contribution < 1.29 is 21.7 Å². The summed E-state index contributed by atoms with van der Waals surface area (Å²) >= 11 is 0. The molecule has 0 atom stereocenters. The Morgan fingerprint density at radius 3 is 1.00 bits per heavy atom. The van der Waals surface area contributed by atoms with E-state index in [1.165, 1.54) is 0 Å². The van der Waals surface area contributed by atoms with E-state index >= 15 is 0 Å². The average molecular weight is 120 g/mol. The summed E-state index contributed by atoms with van der Waals surface area (Å²) < 4.78 is 0. The fourth-order valence-corrected chi connectivity index (χ4v) is 0. The van der Waals surface area contributed by atoms with E-state index in [4.69, 9.17) is 0 Å². The van der Waals surface area contributed by atoms with Gasteiger partial charge in [-0.25, -0.2) is 0 Å². The second-order valence-corrected chi connectivity index (χ2v) is 0. The molecule has 0 saturated heterocycles. The van der Waals surface area contributed by atoms with Crippen LogP contribution >= 0.6 is 0 Å². The summed E-state index contributed by atoms with van der Waals surface area (Å²) in [6, 6.07) is 0. The number of hydrogen-bond acceptors (Lipinski definition) is 1. The maximum atomic E-state index is 0. The zero-order valence-corrected chi connectivity index (χ0v) is 6.00. The van der Waals surface area contributed by atoms with E-state index in [1.807, 2.05) is 0 Å². The van der Waals surface area contributed by atoms with Crippen LogP contribution in [0.25, 0.3) is 0 Å². The summed E-state index contributed by atoms with van der Waals surface area (Å²) in [5, 5.41) is 0. The molecule has 7 radical (unpaired) electrons. The van der Waals surface area contributed by atoms with E-state index in [0.29, 0.717) is 0 Å². The molecule has 0 amide bonds. The van der Waals surface area contributed by atoms with Gasteiger partial charge >= 0.3 is 0 Å². The first-order valence-corrected chi connectivity index (χ1v) is 0. The molecule has 0 heterocycles. The molecule has 0 aromatic heterocycles. The zero-order chi connectivity index (χ0) is 0. The minimum atomic E-state index is 0. The van der Waals surface area contributed by atoms with Gasteiger partial charge in [-0.15, -0.1) is 0 Å². The van der Waals surface area contributed by atoms with Crippen molar-refractivity contribution >= 4 is 28.3 Å². The number of hydrogen-bond donors (Lipinski definition) is 1. The third-order valence-electron chi connectivity index (χ3n) is 0. The Morgan fingerprint density at radius 1 is 1.00 bits per heavy atom. The molecule has 4 heavy (non-hydrogen) atoms. The van der Waals surface area contributed by atoms with Crippen LogP contribution < -0.4 is 6.15 Å². The summed E-state index contributed by atoms with van der Waals surface area (Å²) in [6.07, 6.45) is 0. The topological polar surface area (TPSA) is 35.0 Å². The van der Waals surface area contributed by atoms with Gasteiger partial charge < -0.3 is 6.15 Å². The van der Waals surface area contributed by atoms with E-state index in [1.54, 1.807) is 0 Å². The molecule has 1 nitrogen and oxygen atoms in total. The molecule has 0 saturated carbocycles. The van der Waals surface area contributed by atoms with E-state index in [9.17, 15) is 0 Å². The van der Waals surface area contributed by atoms with Crippen LogP contribution in [0, 0.1) is 0 Å². The molecule has 0 rings (SSSR count). The van der Waals surface area contributed by atoms with Gasteiger partial charge in [-0.3, -0.25) is 0 Å². The second kappa shape index (κ2) is 25.6. The Hall–Kier alpha value is 1.42. The monoisotopic (exact) mass is 120 g/mol. The van der Waals surface area contributed by atoms with Crippen LogP contribution in [-0.4, -0.2) is 28.3 Å². The standard InChI is InChI=1S/Al.H3N.Si.Ti/h;1H3;;. The summed E-state index contributed by atoms with van der Waals surface area (Å²) in [4.78, 5) is 0. The van der Waals surface area contributed by atoms with Crippen LogP contribution in [-0.2, 0) is 21.7 Å². The van der Waals surface area contributed by atoms with E-state index in [2.05, 4.69) is 0 Å². The van der Waals surface area contributed by atoms with Crippen LogP contribution in [0.1, 0.15) is 0 Å². The predicted octanol–water partition coefficient (Wildman–Crippen LogP) is -0.602. The Labute approximate surface area is 56.2 Å². The molecule has 0 bridgehead atoms. The number of rotatable bonds is 0. The van der Waals surface area contributed by atoms with Gasteiger partial charge in [0.25, 0.3) is 0 Å². The van der Waals surface area contributed by atoms with Crippen LogP contribution in [0.2, 0.25) is 0 Å². The van der Waals surface area contributed by atoms with Gasteiger partial charge in [-0.05, 0) is 0 Å². The molecular formula is H3AlNSiTi. The third-order valence-corrected chi connectivity index (χ3v) is 0. The molecule has 0 aromatic carbocycles. The normalized spacial score (nSPS) is 0. The van der Waals surface area contributed by atoms with Crippen molar-refractivity contribution in [2.24, 2.45) is 0 Å². The molecule has 0 unspecified atom stereocenters. The van der Waals surface area contributed by atoms with Crippen molar-refractivity contribution in [3.8, 4) is 0 Å². The summed E-state index contributed by atoms with van der Waals surface area (Å²) in [7, 11) is 0. The maximum absolute atomic E-state index is 0. The third kappa shape index (κ3) is 9.92. The summed E-state index contributed by atoms with van der Waals surface area (Å²) in [6.45, 7) is 0. The molecule has 0 aliphatic rings. The summed E-state index contributed by atoms with van der Waals surface area (Å²) in [5.74, 6) is 0. The van der Waals surface area contributed by atoms with Gasteiger partial charge in [0.1, 0.15) is 0 Å². The van der Waals surface area contributed by atoms with Crippen LogP contribution in [0.15, 0.2) is 0 Å². The molecule has 19 valence electrons. The summed E-state index contributed by atoms with van der Waals surface area (Å²) in [5.41, 5.74) is 0. The fraction of sp³-hybridized carbons (Fsp3) is 0. The average Bonchev–Trinajstić information content (AvgIpc) is 0. The smallest absolute Gasteiger partial charge is 0 e. The molecular weight excluding hydrogens is 117 g/mol. The van der Waals surface area contributed by atoms with Gasteiger partial charge in [0.15, 0.2) is 0 Å². The van der Waals surface area contributed by atoms with E-state index in [0.717, 1.165) is 0 Å². The van der Waals surface area contributed by atoms with E-state index < -0.39 is 0 Å². The van der Waals surface area contributed by atoms with Gasteiger partial charge in [-0.1, -0.05) is 0 Å². The van der Waals surface area contributed by atoms with Crippen molar-refractivity contribution in [2.45, 2.75) is 0 Å². The Kier molecular flexibility index (Phi) is 335. The van der Waals surface area contributed by atoms with Gasteiger partial charge in [-0.2, -0.15) is 0 Å². The Bertz CT molecular complexity index is 8.00. The molecule has 0 spiro atoms. The molecule has 0 aliphatic heterocycles. The van der Waals surface area contributed by atoms with Gasteiger partial charge in [0.2, 0.25) is 0 Å². The quantitative estimate of drug-likeness (QED) is 0.425. The van der Waals surface area contributed by atoms with Gasteiger partial charge in [0.05, 0.1) is 0 Å². The second-order valence-electron chi connectivity index (χ2n) is 0. The largest absolute Gasteiger partial charge is 0.344 e. The molecule has 0 aliphatic carbocycles. The van der Waals surface area contributed by atoms with Crippen molar-refractivity contribution in [3.05, 3.63) is 0 Å². The van der Waals surface area contributed by atoms with Crippen molar-refractivity contribution in [3.63, 3.8) is 0 Å². The first-order chi connectivity index (χ1) is 0. The minimum Gasteiger partial charge on any atom is -0.344 e. The van der Waals surface area contributed by atoms with Crippen molar-refractivity contribution in [1.82, 2.24) is 6.15 Å². The maximum Gasteiger partial charge on any atom is 0 e. The Morgan fingerprint density at radius 2 is 1.00 bits per heavy atom. The fourth-order valence-electron chi connectivity index (χ4n) is 0. The van der Waals surface area contributed by atoms with Crippen LogP contribution in [0.4, 0.5) is 0 Å². The molecule has 4 heteroatoms. The SMILES string of the molecule is N.[Al].[Si].[Ti]. The zero-order valence-electron chi connectivity index (χ0n) is 2.28. The van der Waals surface area contributed by atoms with E-state index in [-0.39, 0.29) is 56.2 Å². The minimum absolute atomic E-state index is 0. The van der Waals surface area contributed by atoms with Crippen molar-refractivity contribution in [2.75, 3.05) is 0 Å². The predicted molar refractivity (Wildman–Crippen MR) is 16.5 cm³/mol. The molecule has 0 aromatic rings. The van der Waals surface area contributed by atoms with Crippen molar-refractivity contribution in [1.29, 1.82) is 0 Å². The van der Waals surface area contributed by atoms with Gasteiger partial charge in [0, 0.05) is 50.0 Å². The first-order valence-electron chi connectivity index (χ1n) is 0. The van der Waals surface area contributed by atoms with Crippen LogP contribution in [0.5, 0.6) is 0 Å². The first kappa shape index (κ1) is 52.4. The van der Waals surface area contributed by atoms with Crippen LogP contribution in [0.3, 0.4) is 0 Å².